The molecule has 22 heavy (non-hydrogen) atoms. The SMILES string of the molecule is NS(=O)(=O)C1CC(=O)N(C(Cc2ccc(I)cc2)C(=O)O)C1. The maximum absolute atomic E-state index is 12.0. The molecule has 7 nitrogen and oxygen atoms in total. The highest BCUT2D eigenvalue weighted by molar-refractivity contribution is 14.1. The van der Waals surface area contributed by atoms with Crippen LogP contribution >= 0.6 is 22.6 Å². The zero-order valence-electron chi connectivity index (χ0n) is 11.5. The molecule has 0 aromatic heterocycles. The van der Waals surface area contributed by atoms with Gasteiger partial charge in [0.1, 0.15) is 11.3 Å². The van der Waals surface area contributed by atoms with E-state index >= 15 is 0 Å². The molecule has 2 atom stereocenters. The van der Waals surface area contributed by atoms with E-state index in [1.807, 2.05) is 12.1 Å². The smallest absolute Gasteiger partial charge is 0.326 e. The summed E-state index contributed by atoms with van der Waals surface area (Å²) in [6, 6.07) is 6.16. The molecular formula is C13H15IN2O5S. The van der Waals surface area contributed by atoms with E-state index < -0.39 is 33.2 Å². The summed E-state index contributed by atoms with van der Waals surface area (Å²) in [6.45, 7) is -0.182. The molecule has 3 N–H and O–H groups in total. The van der Waals surface area contributed by atoms with Crippen LogP contribution in [0.5, 0.6) is 0 Å². The van der Waals surface area contributed by atoms with Crippen molar-refractivity contribution in [2.45, 2.75) is 24.1 Å². The summed E-state index contributed by atoms with van der Waals surface area (Å²) >= 11 is 2.13. The molecule has 0 radical (unpaired) electrons. The Kier molecular flexibility index (Phi) is 5.07. The monoisotopic (exact) mass is 438 g/mol. The maximum atomic E-state index is 12.0. The second-order valence-electron chi connectivity index (χ2n) is 5.15. The van der Waals surface area contributed by atoms with Crippen LogP contribution in [0.1, 0.15) is 12.0 Å². The third-order valence-electron chi connectivity index (χ3n) is 3.59. The van der Waals surface area contributed by atoms with Gasteiger partial charge < -0.3 is 10.0 Å². The summed E-state index contributed by atoms with van der Waals surface area (Å²) in [4.78, 5) is 24.5. The average molecular weight is 438 g/mol. The molecular weight excluding hydrogens is 423 g/mol. The molecule has 1 saturated heterocycles. The highest BCUT2D eigenvalue weighted by Crippen LogP contribution is 2.21. The Labute approximate surface area is 141 Å². The lowest BCUT2D eigenvalue weighted by molar-refractivity contribution is -0.148. The number of carboxylic acid groups (broad SMARTS) is 1. The Morgan fingerprint density at radius 1 is 1.41 bits per heavy atom. The van der Waals surface area contributed by atoms with Gasteiger partial charge in [0.2, 0.25) is 15.9 Å². The minimum atomic E-state index is -3.86. The fourth-order valence-electron chi connectivity index (χ4n) is 2.39. The number of likely N-dealkylation sites (tertiary alicyclic amines) is 1. The van der Waals surface area contributed by atoms with E-state index in [2.05, 4.69) is 22.6 Å². The van der Waals surface area contributed by atoms with Gasteiger partial charge in [-0.05, 0) is 40.3 Å². The van der Waals surface area contributed by atoms with Gasteiger partial charge in [-0.15, -0.1) is 0 Å². The number of halogens is 1. The van der Waals surface area contributed by atoms with Gasteiger partial charge in [0.25, 0.3) is 0 Å². The van der Waals surface area contributed by atoms with Gasteiger partial charge in [-0.1, -0.05) is 12.1 Å². The highest BCUT2D eigenvalue weighted by Gasteiger charge is 2.41. The zero-order valence-corrected chi connectivity index (χ0v) is 14.5. The number of nitrogens with two attached hydrogens (primary N) is 1. The second-order valence-corrected chi connectivity index (χ2v) is 8.24. The van der Waals surface area contributed by atoms with Crippen LogP contribution < -0.4 is 5.14 Å². The zero-order chi connectivity index (χ0) is 16.5. The number of amides is 1. The lowest BCUT2D eigenvalue weighted by atomic mass is 10.1. The highest BCUT2D eigenvalue weighted by atomic mass is 127. The molecule has 1 aliphatic heterocycles. The fourth-order valence-corrected chi connectivity index (χ4v) is 3.50. The van der Waals surface area contributed by atoms with Crippen molar-refractivity contribution in [1.82, 2.24) is 4.90 Å². The molecule has 0 bridgehead atoms. The number of rotatable bonds is 5. The van der Waals surface area contributed by atoms with Crippen LogP contribution in [0.4, 0.5) is 0 Å². The van der Waals surface area contributed by atoms with Crippen molar-refractivity contribution in [2.24, 2.45) is 5.14 Å². The first-order chi connectivity index (χ1) is 10.2. The normalized spacial score (nSPS) is 20.2. The molecule has 120 valence electrons. The Balaban J connectivity index is 2.20. The topological polar surface area (TPSA) is 118 Å². The van der Waals surface area contributed by atoms with Crippen molar-refractivity contribution in [3.63, 3.8) is 0 Å². The molecule has 9 heteroatoms. The van der Waals surface area contributed by atoms with Crippen LogP contribution in [-0.4, -0.2) is 48.1 Å². The third kappa shape index (κ3) is 3.96. The van der Waals surface area contributed by atoms with Crippen molar-refractivity contribution in [3.8, 4) is 0 Å². The number of carboxylic acids is 1. The van der Waals surface area contributed by atoms with Crippen molar-refractivity contribution in [2.75, 3.05) is 6.54 Å². The molecule has 1 aromatic rings. The van der Waals surface area contributed by atoms with E-state index in [-0.39, 0.29) is 19.4 Å². The van der Waals surface area contributed by atoms with Crippen molar-refractivity contribution < 1.29 is 23.1 Å². The average Bonchev–Trinajstić information content (AvgIpc) is 2.79. The van der Waals surface area contributed by atoms with E-state index in [1.54, 1.807) is 12.1 Å². The molecule has 0 spiro atoms. The Morgan fingerprint density at radius 2 is 2.00 bits per heavy atom. The molecule has 2 unspecified atom stereocenters. The molecule has 1 amide bonds. The van der Waals surface area contributed by atoms with Crippen LogP contribution in [0, 0.1) is 3.57 Å². The fraction of sp³-hybridized carbons (Fsp3) is 0.385. The molecule has 0 saturated carbocycles. The molecule has 0 aliphatic carbocycles. The van der Waals surface area contributed by atoms with Crippen molar-refractivity contribution >= 4 is 44.5 Å². The van der Waals surface area contributed by atoms with Gasteiger partial charge in [0, 0.05) is 23.0 Å². The third-order valence-corrected chi connectivity index (χ3v) is 5.56. The van der Waals surface area contributed by atoms with Crippen molar-refractivity contribution in [1.29, 1.82) is 0 Å². The molecule has 1 fully saturated rings. The number of aliphatic carboxylic acids is 1. The minimum Gasteiger partial charge on any atom is -0.480 e. The van der Waals surface area contributed by atoms with Gasteiger partial charge in [-0.25, -0.2) is 18.4 Å². The Bertz CT molecular complexity index is 689. The summed E-state index contributed by atoms with van der Waals surface area (Å²) in [6.07, 6.45) is -0.148. The summed E-state index contributed by atoms with van der Waals surface area (Å²) in [5.41, 5.74) is 0.764. The molecule has 1 aliphatic rings. The van der Waals surface area contributed by atoms with Crippen LogP contribution in [0.2, 0.25) is 0 Å². The number of carbonyl (C=O) groups excluding carboxylic acids is 1. The number of primary sulfonamides is 1. The van der Waals surface area contributed by atoms with Crippen LogP contribution in [0.25, 0.3) is 0 Å². The van der Waals surface area contributed by atoms with Crippen LogP contribution in [-0.2, 0) is 26.0 Å². The number of benzene rings is 1. The van der Waals surface area contributed by atoms with Crippen molar-refractivity contribution in [3.05, 3.63) is 33.4 Å². The maximum Gasteiger partial charge on any atom is 0.326 e. The molecule has 1 aromatic carbocycles. The number of hydrogen-bond acceptors (Lipinski definition) is 4. The van der Waals surface area contributed by atoms with E-state index in [0.717, 1.165) is 14.0 Å². The van der Waals surface area contributed by atoms with Crippen LogP contribution in [0.15, 0.2) is 24.3 Å². The molecule has 1 heterocycles. The first-order valence-corrected chi connectivity index (χ1v) is 9.15. The number of nitrogens with zero attached hydrogens (tertiary/aromatic N) is 1. The van der Waals surface area contributed by atoms with E-state index in [4.69, 9.17) is 5.14 Å². The summed E-state index contributed by atoms with van der Waals surface area (Å²) in [7, 11) is -3.86. The van der Waals surface area contributed by atoms with Crippen LogP contribution in [0.3, 0.4) is 0 Å². The van der Waals surface area contributed by atoms with Gasteiger partial charge in [0.05, 0.1) is 0 Å². The van der Waals surface area contributed by atoms with E-state index in [1.165, 1.54) is 0 Å². The quantitative estimate of drug-likeness (QED) is 0.636. The standard InChI is InChI=1S/C13H15IN2O5S/c14-9-3-1-8(2-4-9)5-11(13(18)19)16-7-10(6-12(16)17)22(15,20)21/h1-4,10-11H,5-7H2,(H,18,19)(H2,15,20,21). The van der Waals surface area contributed by atoms with Gasteiger partial charge in [0.15, 0.2) is 0 Å². The first kappa shape index (κ1) is 17.2. The molecule has 2 rings (SSSR count). The Hall–Kier alpha value is -1.20. The number of hydrogen-bond donors (Lipinski definition) is 2. The Morgan fingerprint density at radius 3 is 2.45 bits per heavy atom. The van der Waals surface area contributed by atoms with Gasteiger partial charge in [-0.3, -0.25) is 4.79 Å². The first-order valence-electron chi connectivity index (χ1n) is 6.47. The van der Waals surface area contributed by atoms with Gasteiger partial charge >= 0.3 is 5.97 Å². The van der Waals surface area contributed by atoms with E-state index in [0.29, 0.717) is 0 Å². The number of sulfonamides is 1. The summed E-state index contributed by atoms with van der Waals surface area (Å²) in [5.74, 6) is -1.67. The number of carbonyl (C=O) groups is 2. The predicted octanol–water partition coefficient (Wildman–Crippen LogP) is 0.176. The minimum absolute atomic E-state index is 0.120. The predicted molar refractivity (Wildman–Crippen MR) is 87.5 cm³/mol. The summed E-state index contributed by atoms with van der Waals surface area (Å²) in [5, 5.41) is 13.4. The second kappa shape index (κ2) is 6.50. The lowest BCUT2D eigenvalue weighted by Crippen LogP contribution is -2.44. The van der Waals surface area contributed by atoms with E-state index in [9.17, 15) is 23.1 Å². The lowest BCUT2D eigenvalue weighted by Gasteiger charge is -2.24. The van der Waals surface area contributed by atoms with Gasteiger partial charge in [-0.2, -0.15) is 0 Å². The largest absolute Gasteiger partial charge is 0.480 e. The summed E-state index contributed by atoms with van der Waals surface area (Å²) < 4.78 is 23.7.